The monoisotopic (exact) mass is 513 g/mol. The van der Waals surface area contributed by atoms with E-state index in [4.69, 9.17) is 0 Å². The van der Waals surface area contributed by atoms with Crippen molar-refractivity contribution >= 4 is 11.9 Å². The van der Waals surface area contributed by atoms with Gasteiger partial charge < -0.3 is 20.6 Å². The maximum atomic E-state index is 13.8. The summed E-state index contributed by atoms with van der Waals surface area (Å²) in [5.74, 6) is -1.40. The van der Waals surface area contributed by atoms with Crippen LogP contribution in [0.25, 0.3) is 0 Å². The summed E-state index contributed by atoms with van der Waals surface area (Å²) < 4.78 is 27.6. The Labute approximate surface area is 214 Å². The highest BCUT2D eigenvalue weighted by Gasteiger charge is 2.24. The van der Waals surface area contributed by atoms with Crippen LogP contribution in [0.3, 0.4) is 0 Å². The molecular weight excluding hydrogens is 480 g/mol. The highest BCUT2D eigenvalue weighted by molar-refractivity contribution is 5.76. The number of carbonyl (C=O) groups is 1. The first kappa shape index (κ1) is 26.6. The van der Waals surface area contributed by atoms with E-state index in [1.54, 1.807) is 0 Å². The number of aryl methyl sites for hydroxylation is 1. The molecule has 1 saturated heterocycles. The molecule has 0 spiro atoms. The van der Waals surface area contributed by atoms with Crippen molar-refractivity contribution in [3.63, 3.8) is 0 Å². The molecule has 2 heterocycles. The number of aliphatic hydroxyl groups is 1. The van der Waals surface area contributed by atoms with Crippen molar-refractivity contribution in [3.8, 4) is 0 Å². The maximum Gasteiger partial charge on any atom is 0.266 e. The number of amides is 1. The van der Waals surface area contributed by atoms with Crippen molar-refractivity contribution in [1.82, 2.24) is 30.8 Å². The van der Waals surface area contributed by atoms with Crippen molar-refractivity contribution in [2.75, 3.05) is 24.5 Å². The van der Waals surface area contributed by atoms with Crippen LogP contribution in [0.1, 0.15) is 36.5 Å². The third-order valence-electron chi connectivity index (χ3n) is 6.39. The SMILES string of the molecule is CCc1cccc(CNCC(O)C(Cc2cc(F)cc(F)c2)NC(=O)Cn2nnc(N3CCCC3)n2)c1. The maximum absolute atomic E-state index is 13.8. The molecule has 0 radical (unpaired) electrons. The number of benzene rings is 2. The van der Waals surface area contributed by atoms with Gasteiger partial charge in [0, 0.05) is 32.2 Å². The lowest BCUT2D eigenvalue weighted by molar-refractivity contribution is -0.123. The van der Waals surface area contributed by atoms with Crippen molar-refractivity contribution in [1.29, 1.82) is 0 Å². The predicted octanol–water partition coefficient (Wildman–Crippen LogP) is 1.99. The molecule has 198 valence electrons. The predicted molar refractivity (Wildman–Crippen MR) is 135 cm³/mol. The van der Waals surface area contributed by atoms with Crippen LogP contribution < -0.4 is 15.5 Å². The summed E-state index contributed by atoms with van der Waals surface area (Å²) in [4.78, 5) is 16.0. The topological polar surface area (TPSA) is 108 Å². The van der Waals surface area contributed by atoms with E-state index in [1.165, 1.54) is 22.5 Å². The number of hydrogen-bond acceptors (Lipinski definition) is 7. The van der Waals surface area contributed by atoms with Gasteiger partial charge >= 0.3 is 0 Å². The van der Waals surface area contributed by atoms with Gasteiger partial charge in [0.1, 0.15) is 18.2 Å². The minimum Gasteiger partial charge on any atom is -0.390 e. The molecule has 1 fully saturated rings. The second kappa shape index (κ2) is 12.7. The van der Waals surface area contributed by atoms with Crippen LogP contribution in [0.4, 0.5) is 14.7 Å². The van der Waals surface area contributed by atoms with Crippen LogP contribution in [0, 0.1) is 11.6 Å². The average molecular weight is 514 g/mol. The zero-order valence-corrected chi connectivity index (χ0v) is 20.9. The van der Waals surface area contributed by atoms with Gasteiger partial charge in [-0.15, -0.1) is 5.10 Å². The van der Waals surface area contributed by atoms with Gasteiger partial charge in [-0.2, -0.15) is 4.80 Å². The zero-order valence-electron chi connectivity index (χ0n) is 20.9. The van der Waals surface area contributed by atoms with Gasteiger partial charge in [-0.05, 0) is 59.7 Å². The smallest absolute Gasteiger partial charge is 0.266 e. The van der Waals surface area contributed by atoms with E-state index in [2.05, 4.69) is 45.1 Å². The summed E-state index contributed by atoms with van der Waals surface area (Å²) in [6, 6.07) is 10.5. The molecule has 2 atom stereocenters. The highest BCUT2D eigenvalue weighted by atomic mass is 19.1. The third-order valence-corrected chi connectivity index (χ3v) is 6.39. The minimum atomic E-state index is -1.02. The van der Waals surface area contributed by atoms with E-state index in [9.17, 15) is 18.7 Å². The normalized spacial score (nSPS) is 15.1. The van der Waals surface area contributed by atoms with Gasteiger partial charge in [-0.3, -0.25) is 4.79 Å². The number of hydrogen-bond donors (Lipinski definition) is 3. The molecule has 0 aliphatic carbocycles. The third kappa shape index (κ3) is 7.77. The summed E-state index contributed by atoms with van der Waals surface area (Å²) in [5, 5.41) is 29.2. The molecule has 3 aromatic rings. The molecule has 2 aromatic carbocycles. The van der Waals surface area contributed by atoms with Crippen molar-refractivity contribution in [2.45, 2.75) is 57.8 Å². The lowest BCUT2D eigenvalue weighted by Crippen LogP contribution is -2.49. The van der Waals surface area contributed by atoms with Gasteiger partial charge in [0.2, 0.25) is 5.91 Å². The van der Waals surface area contributed by atoms with Crippen molar-refractivity contribution < 1.29 is 18.7 Å². The lowest BCUT2D eigenvalue weighted by atomic mass is 10.0. The fraction of sp³-hybridized carbons (Fsp3) is 0.462. The molecule has 1 aliphatic rings. The molecule has 0 saturated carbocycles. The minimum absolute atomic E-state index is 0.0401. The Morgan fingerprint density at radius 2 is 1.81 bits per heavy atom. The highest BCUT2D eigenvalue weighted by Crippen LogP contribution is 2.14. The Morgan fingerprint density at radius 1 is 1.08 bits per heavy atom. The Hall–Kier alpha value is -3.44. The van der Waals surface area contributed by atoms with E-state index >= 15 is 0 Å². The molecule has 3 N–H and O–H groups in total. The number of aromatic nitrogens is 4. The fourth-order valence-corrected chi connectivity index (χ4v) is 4.46. The summed E-state index contributed by atoms with van der Waals surface area (Å²) in [6.45, 7) is 4.29. The molecule has 11 heteroatoms. The van der Waals surface area contributed by atoms with E-state index in [1.807, 2.05) is 17.0 Å². The molecule has 9 nitrogen and oxygen atoms in total. The Kier molecular flexibility index (Phi) is 9.13. The second-order valence-corrected chi connectivity index (χ2v) is 9.34. The van der Waals surface area contributed by atoms with Gasteiger partial charge in [0.25, 0.3) is 5.95 Å². The van der Waals surface area contributed by atoms with Gasteiger partial charge in [-0.25, -0.2) is 8.78 Å². The van der Waals surface area contributed by atoms with E-state index < -0.39 is 29.7 Å². The van der Waals surface area contributed by atoms with Crippen LogP contribution in [0.2, 0.25) is 0 Å². The molecule has 37 heavy (non-hydrogen) atoms. The van der Waals surface area contributed by atoms with Gasteiger partial charge in [-0.1, -0.05) is 36.3 Å². The van der Waals surface area contributed by atoms with E-state index in [0.29, 0.717) is 18.1 Å². The second-order valence-electron chi connectivity index (χ2n) is 9.34. The standard InChI is InChI=1S/C26H33F2N7O2/c1-2-18-6-5-7-19(10-18)15-29-16-24(36)23(13-20-11-21(27)14-22(28)12-20)30-25(37)17-35-32-26(31-33-35)34-8-3-4-9-34/h5-7,10-12,14,23-24,29,36H,2-4,8-9,13,15-17H2,1H3,(H,30,37). The van der Waals surface area contributed by atoms with E-state index in [-0.39, 0.29) is 19.5 Å². The average Bonchev–Trinajstić information content (AvgIpc) is 3.55. The number of aliphatic hydroxyl groups excluding tert-OH is 1. The van der Waals surface area contributed by atoms with Crippen molar-refractivity contribution in [2.24, 2.45) is 0 Å². The largest absolute Gasteiger partial charge is 0.390 e. The fourth-order valence-electron chi connectivity index (χ4n) is 4.46. The first-order valence-corrected chi connectivity index (χ1v) is 12.6. The van der Waals surface area contributed by atoms with Crippen LogP contribution >= 0.6 is 0 Å². The summed E-state index contributed by atoms with van der Waals surface area (Å²) >= 11 is 0. The molecule has 1 aromatic heterocycles. The number of anilines is 1. The number of carbonyl (C=O) groups excluding carboxylic acids is 1. The van der Waals surface area contributed by atoms with Crippen LogP contribution in [-0.4, -0.2) is 63.0 Å². The van der Waals surface area contributed by atoms with Crippen LogP contribution in [-0.2, 0) is 30.7 Å². The molecule has 4 rings (SSSR count). The lowest BCUT2D eigenvalue weighted by Gasteiger charge is -2.25. The Bertz CT molecular complexity index is 1160. The van der Waals surface area contributed by atoms with Crippen LogP contribution in [0.5, 0.6) is 0 Å². The number of nitrogens with one attached hydrogen (secondary N) is 2. The number of tetrazole rings is 1. The number of halogens is 2. The quantitative estimate of drug-likeness (QED) is 0.340. The first-order valence-electron chi connectivity index (χ1n) is 12.6. The number of rotatable bonds is 12. The Morgan fingerprint density at radius 3 is 2.54 bits per heavy atom. The van der Waals surface area contributed by atoms with Gasteiger partial charge in [0.15, 0.2) is 0 Å². The Balaban J connectivity index is 1.39. The molecule has 2 unspecified atom stereocenters. The van der Waals surface area contributed by atoms with Gasteiger partial charge in [0.05, 0.1) is 12.1 Å². The van der Waals surface area contributed by atoms with Crippen molar-refractivity contribution in [3.05, 3.63) is 70.8 Å². The zero-order chi connectivity index (χ0) is 26.2. The first-order chi connectivity index (χ1) is 17.9. The molecule has 1 aliphatic heterocycles. The van der Waals surface area contributed by atoms with E-state index in [0.717, 1.165) is 44.0 Å². The summed E-state index contributed by atoms with van der Waals surface area (Å²) in [7, 11) is 0. The summed E-state index contributed by atoms with van der Waals surface area (Å²) in [5.41, 5.74) is 2.62. The molecular formula is C26H33F2N7O2. The molecule has 1 amide bonds. The number of nitrogens with zero attached hydrogens (tertiary/aromatic N) is 5. The molecule has 0 bridgehead atoms. The van der Waals surface area contributed by atoms with Crippen LogP contribution in [0.15, 0.2) is 42.5 Å². The summed E-state index contributed by atoms with van der Waals surface area (Å²) in [6.07, 6.45) is 2.07.